The van der Waals surface area contributed by atoms with Gasteiger partial charge in [-0.3, -0.25) is 0 Å². The van der Waals surface area contributed by atoms with Crippen LogP contribution >= 0.6 is 23.4 Å². The van der Waals surface area contributed by atoms with Gasteiger partial charge in [-0.1, -0.05) is 30.9 Å². The molecule has 0 aromatic carbocycles. The third-order valence-corrected chi connectivity index (χ3v) is 5.26. The van der Waals surface area contributed by atoms with Crippen molar-refractivity contribution in [2.24, 2.45) is 0 Å². The quantitative estimate of drug-likeness (QED) is 0.791. The molecule has 1 saturated carbocycles. The summed E-state index contributed by atoms with van der Waals surface area (Å²) in [6, 6.07) is 0. The molecule has 18 heavy (non-hydrogen) atoms. The SMILES string of the molecule is Cc1c(Cl)nc2ncnn2c1SC1CCCCC1. The van der Waals surface area contributed by atoms with Gasteiger partial charge in [0, 0.05) is 10.8 Å². The molecule has 0 spiro atoms. The molecule has 2 aromatic heterocycles. The summed E-state index contributed by atoms with van der Waals surface area (Å²) in [5, 5.41) is 6.55. The predicted molar refractivity (Wildman–Crippen MR) is 73.3 cm³/mol. The Labute approximate surface area is 115 Å². The van der Waals surface area contributed by atoms with Crippen molar-refractivity contribution in [1.29, 1.82) is 0 Å². The number of hydrogen-bond acceptors (Lipinski definition) is 4. The lowest BCUT2D eigenvalue weighted by Crippen LogP contribution is -2.10. The van der Waals surface area contributed by atoms with E-state index in [0.717, 1.165) is 10.6 Å². The Morgan fingerprint density at radius 3 is 2.89 bits per heavy atom. The van der Waals surface area contributed by atoms with E-state index in [2.05, 4.69) is 15.1 Å². The molecular weight excluding hydrogens is 268 g/mol. The minimum atomic E-state index is 0.536. The van der Waals surface area contributed by atoms with Gasteiger partial charge < -0.3 is 0 Å². The van der Waals surface area contributed by atoms with Gasteiger partial charge in [0.1, 0.15) is 16.5 Å². The summed E-state index contributed by atoms with van der Waals surface area (Å²) in [6.45, 7) is 2.00. The molecule has 0 aliphatic heterocycles. The van der Waals surface area contributed by atoms with Crippen LogP contribution in [0.15, 0.2) is 11.4 Å². The summed E-state index contributed by atoms with van der Waals surface area (Å²) in [6.07, 6.45) is 8.11. The smallest absolute Gasteiger partial charge is 0.199 e. The molecule has 0 unspecified atom stereocenters. The van der Waals surface area contributed by atoms with Crippen LogP contribution in [0.2, 0.25) is 5.15 Å². The van der Waals surface area contributed by atoms with Crippen LogP contribution in [-0.2, 0) is 0 Å². The van der Waals surface area contributed by atoms with Crippen molar-refractivity contribution in [3.63, 3.8) is 0 Å². The fraction of sp³-hybridized carbons (Fsp3) is 0.583. The van der Waals surface area contributed by atoms with Crippen molar-refractivity contribution in [3.05, 3.63) is 17.0 Å². The molecule has 0 radical (unpaired) electrons. The largest absolute Gasteiger partial charge is 0.254 e. The van der Waals surface area contributed by atoms with E-state index in [4.69, 9.17) is 11.6 Å². The van der Waals surface area contributed by atoms with E-state index in [9.17, 15) is 0 Å². The zero-order chi connectivity index (χ0) is 12.5. The fourth-order valence-electron chi connectivity index (χ4n) is 2.35. The lowest BCUT2D eigenvalue weighted by Gasteiger charge is -2.21. The minimum Gasteiger partial charge on any atom is -0.199 e. The maximum atomic E-state index is 6.16. The Morgan fingerprint density at radius 2 is 2.11 bits per heavy atom. The van der Waals surface area contributed by atoms with E-state index in [-0.39, 0.29) is 0 Å². The summed E-state index contributed by atoms with van der Waals surface area (Å²) in [7, 11) is 0. The summed E-state index contributed by atoms with van der Waals surface area (Å²) < 4.78 is 1.81. The molecule has 96 valence electrons. The second kappa shape index (κ2) is 5.05. The van der Waals surface area contributed by atoms with Gasteiger partial charge >= 0.3 is 0 Å². The molecule has 6 heteroatoms. The maximum absolute atomic E-state index is 6.16. The van der Waals surface area contributed by atoms with Gasteiger partial charge in [0.05, 0.1) is 0 Å². The average Bonchev–Trinajstić information content (AvgIpc) is 2.84. The predicted octanol–water partition coefficient (Wildman–Crippen LogP) is 3.51. The second-order valence-corrected chi connectivity index (χ2v) is 6.33. The molecule has 2 heterocycles. The molecule has 0 saturated heterocycles. The van der Waals surface area contributed by atoms with Crippen LogP contribution in [0, 0.1) is 6.92 Å². The highest BCUT2D eigenvalue weighted by Crippen LogP contribution is 2.36. The van der Waals surface area contributed by atoms with Crippen molar-refractivity contribution in [2.45, 2.75) is 49.3 Å². The first-order valence-corrected chi connectivity index (χ1v) is 7.54. The van der Waals surface area contributed by atoms with E-state index in [1.807, 2.05) is 18.7 Å². The molecule has 1 aliphatic carbocycles. The monoisotopic (exact) mass is 282 g/mol. The molecule has 0 atom stereocenters. The molecule has 1 aliphatic rings. The standard InChI is InChI=1S/C12H15ClN4S/c1-8-10(13)16-12-14-7-15-17(12)11(8)18-9-5-3-2-4-6-9/h7,9H,2-6H2,1H3. The first kappa shape index (κ1) is 12.2. The Hall–Kier alpha value is -0.810. The van der Waals surface area contributed by atoms with Gasteiger partial charge in [0.25, 0.3) is 5.78 Å². The van der Waals surface area contributed by atoms with Crippen molar-refractivity contribution in [3.8, 4) is 0 Å². The summed E-state index contributed by atoms with van der Waals surface area (Å²) >= 11 is 8.04. The Morgan fingerprint density at radius 1 is 1.33 bits per heavy atom. The molecule has 0 N–H and O–H groups in total. The molecule has 4 nitrogen and oxygen atoms in total. The topological polar surface area (TPSA) is 43.1 Å². The van der Waals surface area contributed by atoms with E-state index in [1.54, 1.807) is 4.52 Å². The number of rotatable bonds is 2. The fourth-order valence-corrected chi connectivity index (χ4v) is 3.96. The van der Waals surface area contributed by atoms with Gasteiger partial charge in [-0.2, -0.15) is 19.6 Å². The molecular formula is C12H15ClN4S. The van der Waals surface area contributed by atoms with E-state index in [0.29, 0.717) is 16.2 Å². The maximum Gasteiger partial charge on any atom is 0.254 e. The average molecular weight is 283 g/mol. The van der Waals surface area contributed by atoms with Crippen LogP contribution in [0.5, 0.6) is 0 Å². The van der Waals surface area contributed by atoms with Crippen molar-refractivity contribution in [1.82, 2.24) is 19.6 Å². The summed E-state index contributed by atoms with van der Waals surface area (Å²) in [5.74, 6) is 0.587. The first-order chi connectivity index (χ1) is 8.75. The van der Waals surface area contributed by atoms with Crippen molar-refractivity contribution < 1.29 is 0 Å². The van der Waals surface area contributed by atoms with Crippen LogP contribution in [0.4, 0.5) is 0 Å². The van der Waals surface area contributed by atoms with Gasteiger partial charge in [-0.05, 0) is 19.8 Å². The summed E-state index contributed by atoms with van der Waals surface area (Å²) in [5.41, 5.74) is 1.00. The molecule has 0 amide bonds. The van der Waals surface area contributed by atoms with Crippen LogP contribution in [0.25, 0.3) is 5.78 Å². The number of fused-ring (bicyclic) bond motifs is 1. The number of thioether (sulfide) groups is 1. The molecule has 3 rings (SSSR count). The van der Waals surface area contributed by atoms with E-state index in [1.165, 1.54) is 38.4 Å². The van der Waals surface area contributed by atoms with E-state index >= 15 is 0 Å². The Kier molecular flexibility index (Phi) is 3.43. The van der Waals surface area contributed by atoms with Crippen LogP contribution in [-0.4, -0.2) is 24.8 Å². The third kappa shape index (κ3) is 2.21. The second-order valence-electron chi connectivity index (χ2n) is 4.68. The third-order valence-electron chi connectivity index (χ3n) is 3.38. The minimum absolute atomic E-state index is 0.536. The summed E-state index contributed by atoms with van der Waals surface area (Å²) in [4.78, 5) is 8.35. The number of nitrogens with zero attached hydrogens (tertiary/aromatic N) is 4. The normalized spacial score (nSPS) is 17.4. The number of aromatic nitrogens is 4. The zero-order valence-corrected chi connectivity index (χ0v) is 11.8. The molecule has 0 bridgehead atoms. The van der Waals surface area contributed by atoms with Gasteiger partial charge in [-0.25, -0.2) is 0 Å². The number of halogens is 1. The highest BCUT2D eigenvalue weighted by atomic mass is 35.5. The Balaban J connectivity index is 1.98. The van der Waals surface area contributed by atoms with Crippen LogP contribution in [0.1, 0.15) is 37.7 Å². The highest BCUT2D eigenvalue weighted by molar-refractivity contribution is 7.99. The van der Waals surface area contributed by atoms with E-state index < -0.39 is 0 Å². The zero-order valence-electron chi connectivity index (χ0n) is 10.3. The Bertz CT molecular complexity index is 562. The highest BCUT2D eigenvalue weighted by Gasteiger charge is 2.19. The lowest BCUT2D eigenvalue weighted by molar-refractivity contribution is 0.515. The molecule has 2 aromatic rings. The molecule has 1 fully saturated rings. The van der Waals surface area contributed by atoms with Crippen LogP contribution in [0.3, 0.4) is 0 Å². The van der Waals surface area contributed by atoms with Crippen LogP contribution < -0.4 is 0 Å². The van der Waals surface area contributed by atoms with Gasteiger partial charge in [0.2, 0.25) is 0 Å². The van der Waals surface area contributed by atoms with Gasteiger partial charge in [0.15, 0.2) is 0 Å². The lowest BCUT2D eigenvalue weighted by atomic mass is 10.0. The van der Waals surface area contributed by atoms with Crippen molar-refractivity contribution in [2.75, 3.05) is 0 Å². The van der Waals surface area contributed by atoms with Gasteiger partial charge in [-0.15, -0.1) is 11.8 Å². The number of hydrogen-bond donors (Lipinski definition) is 0. The first-order valence-electron chi connectivity index (χ1n) is 6.28. The van der Waals surface area contributed by atoms with Crippen molar-refractivity contribution >= 4 is 29.1 Å².